The summed E-state index contributed by atoms with van der Waals surface area (Å²) in [7, 11) is 0. The van der Waals surface area contributed by atoms with Gasteiger partial charge in [-0.15, -0.1) is 10.2 Å². The molecule has 0 aliphatic heterocycles. The van der Waals surface area contributed by atoms with Gasteiger partial charge >= 0.3 is 0 Å². The van der Waals surface area contributed by atoms with Crippen molar-refractivity contribution in [2.24, 2.45) is 5.73 Å². The average molecular weight is 271 g/mol. The van der Waals surface area contributed by atoms with Gasteiger partial charge in [-0.1, -0.05) is 12.1 Å². The molecular formula is C14H13N3O3. The minimum absolute atomic E-state index is 0.204. The smallest absolute Gasteiger partial charge is 0.283 e. The molecule has 0 atom stereocenters. The number of rotatable bonds is 5. The number of hydrogen-bond donors (Lipinski definition) is 1. The van der Waals surface area contributed by atoms with E-state index in [0.717, 1.165) is 11.3 Å². The van der Waals surface area contributed by atoms with Gasteiger partial charge in [-0.2, -0.15) is 0 Å². The van der Waals surface area contributed by atoms with Crippen LogP contribution in [0.3, 0.4) is 0 Å². The van der Waals surface area contributed by atoms with Gasteiger partial charge in [-0.05, 0) is 29.8 Å². The first-order chi connectivity index (χ1) is 9.85. The molecule has 2 heterocycles. The van der Waals surface area contributed by atoms with Crippen molar-refractivity contribution in [3.8, 4) is 17.4 Å². The van der Waals surface area contributed by atoms with Gasteiger partial charge in [0, 0.05) is 6.54 Å². The standard InChI is InChI=1S/C14H13N3O3/c15-8-10-3-5-11(6-4-10)19-9-13-16-17-14(20-13)12-2-1-7-18-12/h1-7H,8-9,15H2. The van der Waals surface area contributed by atoms with Gasteiger partial charge in [0.1, 0.15) is 5.75 Å². The highest BCUT2D eigenvalue weighted by Crippen LogP contribution is 2.19. The first-order valence-corrected chi connectivity index (χ1v) is 6.13. The van der Waals surface area contributed by atoms with E-state index in [9.17, 15) is 0 Å². The van der Waals surface area contributed by atoms with Crippen LogP contribution < -0.4 is 10.5 Å². The molecule has 0 radical (unpaired) electrons. The number of aromatic nitrogens is 2. The van der Waals surface area contributed by atoms with E-state index >= 15 is 0 Å². The molecule has 0 unspecified atom stereocenters. The Labute approximate surface area is 115 Å². The van der Waals surface area contributed by atoms with Crippen LogP contribution in [0.4, 0.5) is 0 Å². The van der Waals surface area contributed by atoms with Gasteiger partial charge in [0.05, 0.1) is 6.26 Å². The highest BCUT2D eigenvalue weighted by Gasteiger charge is 2.11. The van der Waals surface area contributed by atoms with E-state index in [1.807, 2.05) is 24.3 Å². The van der Waals surface area contributed by atoms with Crippen LogP contribution in [0.15, 0.2) is 51.5 Å². The molecule has 0 aliphatic carbocycles. The topological polar surface area (TPSA) is 87.3 Å². The monoisotopic (exact) mass is 271 g/mol. The third kappa shape index (κ3) is 2.70. The number of furan rings is 1. The van der Waals surface area contributed by atoms with Gasteiger partial charge in [-0.3, -0.25) is 0 Å². The van der Waals surface area contributed by atoms with Crippen molar-refractivity contribution in [3.05, 3.63) is 54.1 Å². The van der Waals surface area contributed by atoms with E-state index in [4.69, 9.17) is 19.3 Å². The van der Waals surface area contributed by atoms with E-state index < -0.39 is 0 Å². The maximum Gasteiger partial charge on any atom is 0.283 e. The molecule has 0 aliphatic rings. The second-order valence-corrected chi connectivity index (χ2v) is 4.12. The molecular weight excluding hydrogens is 258 g/mol. The second kappa shape index (κ2) is 5.58. The van der Waals surface area contributed by atoms with Crippen LogP contribution in [0.25, 0.3) is 11.7 Å². The first-order valence-electron chi connectivity index (χ1n) is 6.13. The van der Waals surface area contributed by atoms with Crippen molar-refractivity contribution >= 4 is 0 Å². The number of nitrogens with two attached hydrogens (primary N) is 1. The minimum atomic E-state index is 0.204. The molecule has 1 aromatic carbocycles. The third-order valence-corrected chi connectivity index (χ3v) is 2.72. The molecule has 0 amide bonds. The minimum Gasteiger partial charge on any atom is -0.484 e. The largest absolute Gasteiger partial charge is 0.484 e. The fraction of sp³-hybridized carbons (Fsp3) is 0.143. The number of benzene rings is 1. The maximum atomic E-state index is 5.55. The predicted octanol–water partition coefficient (Wildman–Crippen LogP) is 2.37. The lowest BCUT2D eigenvalue weighted by atomic mass is 10.2. The summed E-state index contributed by atoms with van der Waals surface area (Å²) in [4.78, 5) is 0. The lowest BCUT2D eigenvalue weighted by molar-refractivity contribution is 0.264. The van der Waals surface area contributed by atoms with E-state index in [2.05, 4.69) is 10.2 Å². The van der Waals surface area contributed by atoms with Gasteiger partial charge in [-0.25, -0.2) is 0 Å². The van der Waals surface area contributed by atoms with Gasteiger partial charge in [0.2, 0.25) is 0 Å². The van der Waals surface area contributed by atoms with Gasteiger partial charge in [0.15, 0.2) is 12.4 Å². The lowest BCUT2D eigenvalue weighted by Gasteiger charge is -2.03. The predicted molar refractivity (Wildman–Crippen MR) is 70.7 cm³/mol. The van der Waals surface area contributed by atoms with Crippen molar-refractivity contribution in [1.82, 2.24) is 10.2 Å². The summed E-state index contributed by atoms with van der Waals surface area (Å²) in [5, 5.41) is 7.79. The van der Waals surface area contributed by atoms with E-state index in [-0.39, 0.29) is 6.61 Å². The number of nitrogens with zero attached hydrogens (tertiary/aromatic N) is 2. The van der Waals surface area contributed by atoms with Crippen LogP contribution in [-0.4, -0.2) is 10.2 Å². The average Bonchev–Trinajstić information content (AvgIpc) is 3.16. The summed E-state index contributed by atoms with van der Waals surface area (Å²) >= 11 is 0. The molecule has 0 bridgehead atoms. The van der Waals surface area contributed by atoms with Crippen molar-refractivity contribution < 1.29 is 13.6 Å². The summed E-state index contributed by atoms with van der Waals surface area (Å²) < 4.78 is 16.2. The maximum absolute atomic E-state index is 5.55. The first kappa shape index (κ1) is 12.4. The molecule has 2 N–H and O–H groups in total. The fourth-order valence-corrected chi connectivity index (χ4v) is 1.68. The second-order valence-electron chi connectivity index (χ2n) is 4.12. The summed E-state index contributed by atoms with van der Waals surface area (Å²) in [6, 6.07) is 11.0. The zero-order chi connectivity index (χ0) is 13.8. The molecule has 102 valence electrons. The SMILES string of the molecule is NCc1ccc(OCc2nnc(-c3ccco3)o2)cc1. The van der Waals surface area contributed by atoms with Gasteiger partial charge < -0.3 is 19.3 Å². The van der Waals surface area contributed by atoms with Gasteiger partial charge in [0.25, 0.3) is 11.8 Å². The quantitative estimate of drug-likeness (QED) is 0.766. The summed E-state index contributed by atoms with van der Waals surface area (Å²) in [6.07, 6.45) is 1.55. The van der Waals surface area contributed by atoms with Crippen LogP contribution in [0.1, 0.15) is 11.5 Å². The highest BCUT2D eigenvalue weighted by molar-refractivity contribution is 5.42. The molecule has 6 heteroatoms. The Morgan fingerprint density at radius 1 is 1.10 bits per heavy atom. The molecule has 20 heavy (non-hydrogen) atoms. The highest BCUT2D eigenvalue weighted by atomic mass is 16.5. The molecule has 2 aromatic heterocycles. The molecule has 0 fully saturated rings. The number of hydrogen-bond acceptors (Lipinski definition) is 6. The Bertz CT molecular complexity index is 659. The molecule has 3 rings (SSSR count). The van der Waals surface area contributed by atoms with E-state index in [0.29, 0.717) is 24.1 Å². The zero-order valence-corrected chi connectivity index (χ0v) is 10.7. The third-order valence-electron chi connectivity index (χ3n) is 2.72. The Balaban J connectivity index is 1.63. The Kier molecular flexibility index (Phi) is 3.47. The van der Waals surface area contributed by atoms with E-state index in [1.165, 1.54) is 0 Å². The summed E-state index contributed by atoms with van der Waals surface area (Å²) in [6.45, 7) is 0.714. The van der Waals surface area contributed by atoms with Crippen molar-refractivity contribution in [2.75, 3.05) is 0 Å². The molecule has 0 saturated heterocycles. The summed E-state index contributed by atoms with van der Waals surface area (Å²) in [5.41, 5.74) is 6.58. The van der Waals surface area contributed by atoms with Crippen LogP contribution in [-0.2, 0) is 13.2 Å². The van der Waals surface area contributed by atoms with E-state index in [1.54, 1.807) is 18.4 Å². The van der Waals surface area contributed by atoms with Crippen LogP contribution in [0, 0.1) is 0 Å². The molecule has 6 nitrogen and oxygen atoms in total. The van der Waals surface area contributed by atoms with Crippen LogP contribution in [0.5, 0.6) is 5.75 Å². The van der Waals surface area contributed by atoms with Crippen molar-refractivity contribution in [3.63, 3.8) is 0 Å². The Morgan fingerprint density at radius 2 is 1.95 bits per heavy atom. The van der Waals surface area contributed by atoms with Crippen LogP contribution in [0.2, 0.25) is 0 Å². The Hall–Kier alpha value is -2.60. The molecule has 3 aromatic rings. The van der Waals surface area contributed by atoms with Crippen LogP contribution >= 0.6 is 0 Å². The molecule has 0 saturated carbocycles. The lowest BCUT2D eigenvalue weighted by Crippen LogP contribution is -1.98. The normalized spacial score (nSPS) is 10.7. The van der Waals surface area contributed by atoms with Crippen molar-refractivity contribution in [2.45, 2.75) is 13.2 Å². The summed E-state index contributed by atoms with van der Waals surface area (Å²) in [5.74, 6) is 1.99. The number of ether oxygens (including phenoxy) is 1. The molecule has 0 spiro atoms. The fourth-order valence-electron chi connectivity index (χ4n) is 1.68. The van der Waals surface area contributed by atoms with Crippen molar-refractivity contribution in [1.29, 1.82) is 0 Å². The zero-order valence-electron chi connectivity index (χ0n) is 10.7. The Morgan fingerprint density at radius 3 is 2.65 bits per heavy atom.